The number of hydrogen-bond acceptors (Lipinski definition) is 3. The van der Waals surface area contributed by atoms with Crippen molar-refractivity contribution < 1.29 is 9.53 Å². The highest BCUT2D eigenvalue weighted by Gasteiger charge is 2.11. The molecule has 1 amide bonds. The molecule has 0 spiro atoms. The van der Waals surface area contributed by atoms with E-state index in [1.54, 1.807) is 25.3 Å². The zero-order valence-corrected chi connectivity index (χ0v) is 15.5. The first-order valence-corrected chi connectivity index (χ1v) is 8.80. The Kier molecular flexibility index (Phi) is 5.76. The molecule has 26 heavy (non-hydrogen) atoms. The Hall–Kier alpha value is -2.56. The molecule has 0 unspecified atom stereocenters. The first-order valence-electron chi connectivity index (χ1n) is 8.43. The highest BCUT2D eigenvalue weighted by atomic mass is 35.5. The summed E-state index contributed by atoms with van der Waals surface area (Å²) in [6.45, 7) is 2.26. The van der Waals surface area contributed by atoms with E-state index in [0.717, 1.165) is 0 Å². The zero-order chi connectivity index (χ0) is 18.5. The smallest absolute Gasteiger partial charge is 0.238 e. The van der Waals surface area contributed by atoms with Gasteiger partial charge < -0.3 is 15.4 Å². The van der Waals surface area contributed by atoms with Crippen molar-refractivity contribution in [2.45, 2.75) is 13.0 Å². The number of fused-ring (bicyclic) bond motifs is 1. The van der Waals surface area contributed by atoms with Crippen LogP contribution in [-0.2, 0) is 4.79 Å². The van der Waals surface area contributed by atoms with Gasteiger partial charge >= 0.3 is 0 Å². The molecule has 0 aliphatic rings. The van der Waals surface area contributed by atoms with Crippen molar-refractivity contribution in [2.75, 3.05) is 19.0 Å². The number of carbonyl (C=O) groups excluding carboxylic acids is 1. The number of benzene rings is 3. The van der Waals surface area contributed by atoms with Crippen LogP contribution in [0.15, 0.2) is 60.7 Å². The van der Waals surface area contributed by atoms with E-state index in [1.807, 2.05) is 18.2 Å². The van der Waals surface area contributed by atoms with Gasteiger partial charge in [0.15, 0.2) is 0 Å². The second-order valence-electron chi connectivity index (χ2n) is 6.07. The lowest BCUT2D eigenvalue weighted by Crippen LogP contribution is -2.30. The van der Waals surface area contributed by atoms with Crippen LogP contribution in [0.1, 0.15) is 18.5 Å². The number of methoxy groups -OCH3 is 1. The minimum Gasteiger partial charge on any atom is -0.495 e. The molecule has 134 valence electrons. The minimum absolute atomic E-state index is 0.0475. The molecule has 0 fully saturated rings. The van der Waals surface area contributed by atoms with Crippen LogP contribution in [-0.4, -0.2) is 19.6 Å². The summed E-state index contributed by atoms with van der Waals surface area (Å²) in [5.74, 6) is 0.450. The predicted octanol–water partition coefficient (Wildman–Crippen LogP) is 4.79. The number of ether oxygens (including phenoxy) is 1. The fourth-order valence-electron chi connectivity index (χ4n) is 2.93. The van der Waals surface area contributed by atoms with Crippen molar-refractivity contribution in [3.63, 3.8) is 0 Å². The average Bonchev–Trinajstić information content (AvgIpc) is 2.66. The van der Waals surface area contributed by atoms with Gasteiger partial charge in [-0.25, -0.2) is 0 Å². The van der Waals surface area contributed by atoms with Crippen molar-refractivity contribution in [1.82, 2.24) is 5.32 Å². The van der Waals surface area contributed by atoms with Gasteiger partial charge in [0.25, 0.3) is 0 Å². The largest absolute Gasteiger partial charge is 0.495 e. The van der Waals surface area contributed by atoms with Gasteiger partial charge in [0.2, 0.25) is 5.91 Å². The Balaban J connectivity index is 1.63. The molecule has 0 saturated carbocycles. The first-order chi connectivity index (χ1) is 12.6. The SMILES string of the molecule is COc1ccc(NC(=O)CN[C@@H](C)c2cccc3ccccc23)cc1Cl. The number of anilines is 1. The van der Waals surface area contributed by atoms with Gasteiger partial charge in [0.05, 0.1) is 18.7 Å². The Morgan fingerprint density at radius 2 is 1.88 bits per heavy atom. The number of amides is 1. The topological polar surface area (TPSA) is 50.4 Å². The van der Waals surface area contributed by atoms with E-state index < -0.39 is 0 Å². The van der Waals surface area contributed by atoms with Gasteiger partial charge in [0.1, 0.15) is 5.75 Å². The standard InChI is InChI=1S/C21H21ClN2O2/c1-14(17-9-5-7-15-6-3-4-8-18(15)17)23-13-21(25)24-16-10-11-20(26-2)19(22)12-16/h3-12,14,23H,13H2,1-2H3,(H,24,25)/t14-/m0/s1. The molecule has 4 nitrogen and oxygen atoms in total. The monoisotopic (exact) mass is 368 g/mol. The van der Waals surface area contributed by atoms with Crippen molar-refractivity contribution in [3.8, 4) is 5.75 Å². The lowest BCUT2D eigenvalue weighted by atomic mass is 10.00. The van der Waals surface area contributed by atoms with E-state index in [2.05, 4.69) is 41.8 Å². The molecule has 0 saturated heterocycles. The van der Waals surface area contributed by atoms with Crippen molar-refractivity contribution >= 4 is 34.0 Å². The van der Waals surface area contributed by atoms with Gasteiger partial charge in [-0.3, -0.25) is 4.79 Å². The number of carbonyl (C=O) groups is 1. The maximum atomic E-state index is 12.2. The van der Waals surface area contributed by atoms with Gasteiger partial charge in [-0.05, 0) is 41.5 Å². The van der Waals surface area contributed by atoms with E-state index in [0.29, 0.717) is 16.5 Å². The van der Waals surface area contributed by atoms with Crippen LogP contribution in [0.3, 0.4) is 0 Å². The summed E-state index contributed by atoms with van der Waals surface area (Å²) in [5, 5.41) is 8.96. The van der Waals surface area contributed by atoms with Crippen LogP contribution in [0.25, 0.3) is 10.8 Å². The van der Waals surface area contributed by atoms with Crippen molar-refractivity contribution in [1.29, 1.82) is 0 Å². The van der Waals surface area contributed by atoms with E-state index in [4.69, 9.17) is 16.3 Å². The highest BCUT2D eigenvalue weighted by Crippen LogP contribution is 2.27. The molecule has 3 aromatic rings. The Bertz CT molecular complexity index is 922. The summed E-state index contributed by atoms with van der Waals surface area (Å²) >= 11 is 6.08. The van der Waals surface area contributed by atoms with E-state index >= 15 is 0 Å². The Morgan fingerprint density at radius 3 is 2.65 bits per heavy atom. The lowest BCUT2D eigenvalue weighted by Gasteiger charge is -2.16. The van der Waals surface area contributed by atoms with Gasteiger partial charge in [-0.1, -0.05) is 54.1 Å². The van der Waals surface area contributed by atoms with Gasteiger partial charge in [-0.2, -0.15) is 0 Å². The number of hydrogen-bond donors (Lipinski definition) is 2. The van der Waals surface area contributed by atoms with E-state index in [9.17, 15) is 4.79 Å². The molecule has 0 bridgehead atoms. The third kappa shape index (κ3) is 4.15. The highest BCUT2D eigenvalue weighted by molar-refractivity contribution is 6.32. The molecule has 0 aromatic heterocycles. The lowest BCUT2D eigenvalue weighted by molar-refractivity contribution is -0.115. The van der Waals surface area contributed by atoms with Crippen LogP contribution in [0.2, 0.25) is 5.02 Å². The second kappa shape index (κ2) is 8.21. The predicted molar refractivity (Wildman–Crippen MR) is 107 cm³/mol. The van der Waals surface area contributed by atoms with E-state index in [-0.39, 0.29) is 18.5 Å². The Labute approximate surface area is 158 Å². The van der Waals surface area contributed by atoms with E-state index in [1.165, 1.54) is 16.3 Å². The minimum atomic E-state index is -0.127. The molecule has 3 rings (SSSR count). The molecule has 0 heterocycles. The van der Waals surface area contributed by atoms with Crippen molar-refractivity contribution in [2.24, 2.45) is 0 Å². The summed E-state index contributed by atoms with van der Waals surface area (Å²) < 4.78 is 5.11. The number of rotatable bonds is 6. The molecule has 1 atom stereocenters. The molecule has 0 aliphatic heterocycles. The number of halogens is 1. The first kappa shape index (κ1) is 18.2. The summed E-state index contributed by atoms with van der Waals surface area (Å²) in [6, 6.07) is 19.7. The van der Waals surface area contributed by atoms with Crippen molar-refractivity contribution in [3.05, 3.63) is 71.2 Å². The van der Waals surface area contributed by atoms with Gasteiger partial charge in [0, 0.05) is 11.7 Å². The summed E-state index contributed by atoms with van der Waals surface area (Å²) in [6.07, 6.45) is 0. The fraction of sp³-hybridized carbons (Fsp3) is 0.190. The molecule has 0 aliphatic carbocycles. The van der Waals surface area contributed by atoms with Crippen LogP contribution in [0.5, 0.6) is 5.75 Å². The molecule has 5 heteroatoms. The van der Waals surface area contributed by atoms with Crippen LogP contribution in [0, 0.1) is 0 Å². The molecule has 0 radical (unpaired) electrons. The second-order valence-corrected chi connectivity index (χ2v) is 6.48. The van der Waals surface area contributed by atoms with Crippen LogP contribution in [0.4, 0.5) is 5.69 Å². The zero-order valence-electron chi connectivity index (χ0n) is 14.8. The van der Waals surface area contributed by atoms with Crippen LogP contribution >= 0.6 is 11.6 Å². The summed E-state index contributed by atoms with van der Waals surface area (Å²) in [5.41, 5.74) is 1.81. The summed E-state index contributed by atoms with van der Waals surface area (Å²) in [7, 11) is 1.55. The molecular formula is C21H21ClN2O2. The Morgan fingerprint density at radius 1 is 1.12 bits per heavy atom. The molecule has 2 N–H and O–H groups in total. The van der Waals surface area contributed by atoms with Crippen LogP contribution < -0.4 is 15.4 Å². The summed E-state index contributed by atoms with van der Waals surface area (Å²) in [4.78, 5) is 12.2. The normalized spacial score (nSPS) is 12.0. The quantitative estimate of drug-likeness (QED) is 0.657. The number of nitrogens with one attached hydrogen (secondary N) is 2. The average molecular weight is 369 g/mol. The fourth-order valence-corrected chi connectivity index (χ4v) is 3.19. The maximum Gasteiger partial charge on any atom is 0.238 e. The third-order valence-corrected chi connectivity index (χ3v) is 4.59. The molecular weight excluding hydrogens is 348 g/mol. The maximum absolute atomic E-state index is 12.2. The third-order valence-electron chi connectivity index (χ3n) is 4.29. The van der Waals surface area contributed by atoms with Gasteiger partial charge in [-0.15, -0.1) is 0 Å². The molecule has 3 aromatic carbocycles.